The molecule has 0 fully saturated rings. The van der Waals surface area contributed by atoms with Crippen LogP contribution in [0.4, 0.5) is 0 Å². The SMILES string of the molecule is CSc1ccc(-c2ccccc2CN)[nH]1. The van der Waals surface area contributed by atoms with E-state index in [0.717, 1.165) is 5.69 Å². The molecule has 78 valence electrons. The summed E-state index contributed by atoms with van der Waals surface area (Å²) in [5.41, 5.74) is 9.22. The van der Waals surface area contributed by atoms with E-state index in [-0.39, 0.29) is 0 Å². The van der Waals surface area contributed by atoms with Gasteiger partial charge < -0.3 is 10.7 Å². The smallest absolute Gasteiger partial charge is 0.0723 e. The molecule has 0 amide bonds. The van der Waals surface area contributed by atoms with Crippen LogP contribution in [0.25, 0.3) is 11.3 Å². The van der Waals surface area contributed by atoms with E-state index in [4.69, 9.17) is 5.73 Å². The van der Waals surface area contributed by atoms with Crippen molar-refractivity contribution >= 4 is 11.8 Å². The van der Waals surface area contributed by atoms with Gasteiger partial charge in [-0.25, -0.2) is 0 Å². The van der Waals surface area contributed by atoms with E-state index in [1.165, 1.54) is 16.2 Å². The second-order valence-electron chi connectivity index (χ2n) is 3.30. The van der Waals surface area contributed by atoms with Crippen LogP contribution in [0.5, 0.6) is 0 Å². The van der Waals surface area contributed by atoms with Gasteiger partial charge in [-0.15, -0.1) is 11.8 Å². The van der Waals surface area contributed by atoms with E-state index in [1.807, 2.05) is 12.1 Å². The van der Waals surface area contributed by atoms with E-state index in [9.17, 15) is 0 Å². The molecule has 2 nitrogen and oxygen atoms in total. The summed E-state index contributed by atoms with van der Waals surface area (Å²) in [6, 6.07) is 12.4. The highest BCUT2D eigenvalue weighted by molar-refractivity contribution is 7.98. The number of nitrogens with one attached hydrogen (secondary N) is 1. The van der Waals surface area contributed by atoms with Crippen LogP contribution in [0.3, 0.4) is 0 Å². The molecule has 0 atom stereocenters. The second kappa shape index (κ2) is 4.55. The summed E-state index contributed by atoms with van der Waals surface area (Å²) in [5, 5.41) is 1.18. The van der Waals surface area contributed by atoms with Crippen molar-refractivity contribution in [3.63, 3.8) is 0 Å². The number of aromatic nitrogens is 1. The molecule has 0 unspecified atom stereocenters. The van der Waals surface area contributed by atoms with Crippen molar-refractivity contribution in [3.05, 3.63) is 42.0 Å². The molecule has 0 bridgehead atoms. The molecule has 1 aromatic heterocycles. The zero-order valence-corrected chi connectivity index (χ0v) is 9.47. The van der Waals surface area contributed by atoms with Gasteiger partial charge >= 0.3 is 0 Å². The summed E-state index contributed by atoms with van der Waals surface area (Å²) in [7, 11) is 0. The molecule has 2 aromatic rings. The van der Waals surface area contributed by atoms with Crippen LogP contribution in [-0.2, 0) is 6.54 Å². The Morgan fingerprint density at radius 2 is 2.00 bits per heavy atom. The third-order valence-corrected chi connectivity index (χ3v) is 3.08. The Balaban J connectivity index is 2.44. The zero-order valence-electron chi connectivity index (χ0n) is 8.66. The highest BCUT2D eigenvalue weighted by Gasteiger charge is 2.04. The Morgan fingerprint density at radius 3 is 2.67 bits per heavy atom. The van der Waals surface area contributed by atoms with Crippen LogP contribution in [0.15, 0.2) is 41.4 Å². The minimum atomic E-state index is 0.573. The van der Waals surface area contributed by atoms with Gasteiger partial charge in [0.2, 0.25) is 0 Å². The van der Waals surface area contributed by atoms with Gasteiger partial charge in [0.25, 0.3) is 0 Å². The molecule has 1 aromatic carbocycles. The summed E-state index contributed by atoms with van der Waals surface area (Å²) in [5.74, 6) is 0. The summed E-state index contributed by atoms with van der Waals surface area (Å²) >= 11 is 1.71. The van der Waals surface area contributed by atoms with Crippen LogP contribution in [0.2, 0.25) is 0 Å². The summed E-state index contributed by atoms with van der Waals surface area (Å²) in [6.45, 7) is 0.573. The number of rotatable bonds is 3. The van der Waals surface area contributed by atoms with Crippen LogP contribution in [0.1, 0.15) is 5.56 Å². The standard InChI is InChI=1S/C12H14N2S/c1-15-12-7-6-11(14-12)10-5-3-2-4-9(10)8-13/h2-7,14H,8,13H2,1H3. The predicted octanol–water partition coefficient (Wildman–Crippen LogP) is 2.86. The van der Waals surface area contributed by atoms with E-state index < -0.39 is 0 Å². The molecular formula is C12H14N2S. The summed E-state index contributed by atoms with van der Waals surface area (Å²) in [4.78, 5) is 3.36. The molecule has 15 heavy (non-hydrogen) atoms. The topological polar surface area (TPSA) is 41.8 Å². The zero-order chi connectivity index (χ0) is 10.7. The molecule has 3 N–H and O–H groups in total. The first kappa shape index (κ1) is 10.3. The third kappa shape index (κ3) is 2.08. The van der Waals surface area contributed by atoms with Crippen LogP contribution in [-0.4, -0.2) is 11.2 Å². The quantitative estimate of drug-likeness (QED) is 0.778. The molecule has 0 aliphatic rings. The number of H-pyrrole nitrogens is 1. The fourth-order valence-electron chi connectivity index (χ4n) is 1.61. The normalized spacial score (nSPS) is 10.5. The highest BCUT2D eigenvalue weighted by atomic mass is 32.2. The molecule has 0 radical (unpaired) electrons. The Hall–Kier alpha value is -1.19. The first-order chi connectivity index (χ1) is 7.35. The van der Waals surface area contributed by atoms with Crippen molar-refractivity contribution in [2.75, 3.05) is 6.26 Å². The molecule has 0 aliphatic heterocycles. The number of hydrogen-bond donors (Lipinski definition) is 2. The van der Waals surface area contributed by atoms with Crippen molar-refractivity contribution in [2.45, 2.75) is 11.6 Å². The second-order valence-corrected chi connectivity index (χ2v) is 4.15. The van der Waals surface area contributed by atoms with Gasteiger partial charge in [-0.05, 0) is 24.0 Å². The maximum atomic E-state index is 5.71. The van der Waals surface area contributed by atoms with Crippen molar-refractivity contribution in [1.82, 2.24) is 4.98 Å². The number of thioether (sulfide) groups is 1. The average molecular weight is 218 g/mol. The van der Waals surface area contributed by atoms with Crippen LogP contribution in [0, 0.1) is 0 Å². The number of benzene rings is 1. The Bertz CT molecular complexity index is 448. The summed E-state index contributed by atoms with van der Waals surface area (Å²) < 4.78 is 0. The van der Waals surface area contributed by atoms with Crippen molar-refractivity contribution in [2.24, 2.45) is 5.73 Å². The lowest BCUT2D eigenvalue weighted by atomic mass is 10.1. The van der Waals surface area contributed by atoms with Crippen LogP contribution >= 0.6 is 11.8 Å². The highest BCUT2D eigenvalue weighted by Crippen LogP contribution is 2.25. The lowest BCUT2D eigenvalue weighted by Gasteiger charge is -2.05. The average Bonchev–Trinajstić information content (AvgIpc) is 2.77. The van der Waals surface area contributed by atoms with E-state index in [1.54, 1.807) is 11.8 Å². The molecule has 0 saturated carbocycles. The van der Waals surface area contributed by atoms with Gasteiger partial charge in [0, 0.05) is 17.8 Å². The number of nitrogens with two attached hydrogens (primary N) is 1. The number of aromatic amines is 1. The van der Waals surface area contributed by atoms with Gasteiger partial charge in [0.1, 0.15) is 0 Å². The van der Waals surface area contributed by atoms with E-state index in [2.05, 4.69) is 35.5 Å². The lowest BCUT2D eigenvalue weighted by Crippen LogP contribution is -1.98. The first-order valence-electron chi connectivity index (χ1n) is 4.86. The van der Waals surface area contributed by atoms with Crippen molar-refractivity contribution in [3.8, 4) is 11.3 Å². The van der Waals surface area contributed by atoms with Crippen LogP contribution < -0.4 is 5.73 Å². The van der Waals surface area contributed by atoms with Crippen molar-refractivity contribution < 1.29 is 0 Å². The van der Waals surface area contributed by atoms with Gasteiger partial charge in [0.15, 0.2) is 0 Å². The fraction of sp³-hybridized carbons (Fsp3) is 0.167. The predicted molar refractivity (Wildman–Crippen MR) is 65.9 cm³/mol. The largest absolute Gasteiger partial charge is 0.350 e. The molecule has 0 aliphatic carbocycles. The minimum absolute atomic E-state index is 0.573. The van der Waals surface area contributed by atoms with E-state index in [0.29, 0.717) is 6.54 Å². The monoisotopic (exact) mass is 218 g/mol. The maximum absolute atomic E-state index is 5.71. The van der Waals surface area contributed by atoms with Gasteiger partial charge in [-0.2, -0.15) is 0 Å². The molecule has 2 rings (SSSR count). The van der Waals surface area contributed by atoms with Gasteiger partial charge in [-0.1, -0.05) is 24.3 Å². The van der Waals surface area contributed by atoms with E-state index >= 15 is 0 Å². The lowest BCUT2D eigenvalue weighted by molar-refractivity contribution is 1.07. The molecule has 1 heterocycles. The molecule has 3 heteroatoms. The molecule has 0 saturated heterocycles. The minimum Gasteiger partial charge on any atom is -0.350 e. The Kier molecular flexibility index (Phi) is 3.14. The summed E-state index contributed by atoms with van der Waals surface area (Å²) in [6.07, 6.45) is 2.06. The number of hydrogen-bond acceptors (Lipinski definition) is 2. The third-order valence-electron chi connectivity index (χ3n) is 2.41. The molecular weight excluding hydrogens is 204 g/mol. The van der Waals surface area contributed by atoms with Crippen molar-refractivity contribution in [1.29, 1.82) is 0 Å². The van der Waals surface area contributed by atoms with Gasteiger partial charge in [-0.3, -0.25) is 0 Å². The van der Waals surface area contributed by atoms with Gasteiger partial charge in [0.05, 0.1) is 5.03 Å². The fourth-order valence-corrected chi connectivity index (χ4v) is 2.03. The Morgan fingerprint density at radius 1 is 1.20 bits per heavy atom. The molecule has 0 spiro atoms. The Labute approximate surface area is 93.9 Å². The maximum Gasteiger partial charge on any atom is 0.0723 e. The first-order valence-corrected chi connectivity index (χ1v) is 6.09.